The molecule has 4 N–H and O–H groups in total. The topological polar surface area (TPSA) is 99.7 Å². The molecular weight excluding hydrogens is 480 g/mol. The van der Waals surface area contributed by atoms with Crippen molar-refractivity contribution >= 4 is 40.2 Å². The van der Waals surface area contributed by atoms with Gasteiger partial charge in [0.05, 0.1) is 22.3 Å². The highest BCUT2D eigenvalue weighted by Crippen LogP contribution is 2.39. The number of phenols is 1. The van der Waals surface area contributed by atoms with Gasteiger partial charge in [0.1, 0.15) is 5.82 Å². The van der Waals surface area contributed by atoms with E-state index in [1.165, 1.54) is 31.4 Å². The molecule has 0 aromatic heterocycles. The van der Waals surface area contributed by atoms with Gasteiger partial charge >= 0.3 is 6.03 Å². The van der Waals surface area contributed by atoms with Crippen LogP contribution in [0, 0.1) is 9.39 Å². The molecule has 0 radical (unpaired) electrons. The molecule has 0 saturated carbocycles. The monoisotopic (exact) mass is 497 g/mol. The van der Waals surface area contributed by atoms with Crippen molar-refractivity contribution in [3.8, 4) is 11.5 Å². The highest BCUT2D eigenvalue weighted by Gasteiger charge is 2.33. The molecule has 0 spiro atoms. The Hall–Kier alpha value is -2.82. The Kier molecular flexibility index (Phi) is 5.73. The van der Waals surface area contributed by atoms with Crippen LogP contribution < -0.4 is 20.7 Å². The van der Waals surface area contributed by atoms with Gasteiger partial charge in [-0.05, 0) is 65.4 Å². The zero-order valence-electron chi connectivity index (χ0n) is 15.0. The highest BCUT2D eigenvalue weighted by atomic mass is 127. The summed E-state index contributed by atoms with van der Waals surface area (Å²) in [6.45, 7) is 1.61. The minimum atomic E-state index is -0.794. The quantitative estimate of drug-likeness (QED) is 0.487. The van der Waals surface area contributed by atoms with E-state index in [4.69, 9.17) is 4.74 Å². The molecule has 1 heterocycles. The van der Waals surface area contributed by atoms with Crippen LogP contribution in [0.2, 0.25) is 0 Å². The molecule has 2 aromatic rings. The minimum Gasteiger partial charge on any atom is -0.504 e. The Bertz CT molecular complexity index is 976. The fourth-order valence-corrected chi connectivity index (χ4v) is 3.67. The molecule has 7 nitrogen and oxygen atoms in total. The standard InChI is InChI=1S/C19H17FIN3O4/c1-9-14(18(26)23-11-5-3-10(20)4-6-11)16(24-19(27)22-9)12-7-8-13(28-2)17(25)15(12)21/h3-8,16,25H,1-2H3,(H,23,26)(H2,22,24,27)/t16-/m0/s1. The molecule has 3 rings (SSSR count). The van der Waals surface area contributed by atoms with Crippen molar-refractivity contribution < 1.29 is 23.8 Å². The van der Waals surface area contributed by atoms with Crippen LogP contribution in [-0.4, -0.2) is 24.2 Å². The number of allylic oxidation sites excluding steroid dienone is 1. The van der Waals surface area contributed by atoms with Gasteiger partial charge in [-0.3, -0.25) is 4.79 Å². The third kappa shape index (κ3) is 3.88. The Morgan fingerprint density at radius 1 is 1.25 bits per heavy atom. The van der Waals surface area contributed by atoms with Gasteiger partial charge in [0.2, 0.25) is 0 Å². The van der Waals surface area contributed by atoms with E-state index >= 15 is 0 Å². The smallest absolute Gasteiger partial charge is 0.319 e. The molecule has 1 aliphatic heterocycles. The number of rotatable bonds is 4. The molecular formula is C19H17FIN3O4. The van der Waals surface area contributed by atoms with Gasteiger partial charge in [0.15, 0.2) is 11.5 Å². The molecule has 1 atom stereocenters. The van der Waals surface area contributed by atoms with Crippen molar-refractivity contribution in [3.63, 3.8) is 0 Å². The lowest BCUT2D eigenvalue weighted by molar-refractivity contribution is -0.113. The van der Waals surface area contributed by atoms with Gasteiger partial charge in [0.25, 0.3) is 5.91 Å². The van der Waals surface area contributed by atoms with Crippen molar-refractivity contribution in [2.45, 2.75) is 13.0 Å². The average Bonchev–Trinajstić information content (AvgIpc) is 2.65. The summed E-state index contributed by atoms with van der Waals surface area (Å²) in [6.07, 6.45) is 0. The molecule has 0 aliphatic carbocycles. The number of benzene rings is 2. The van der Waals surface area contributed by atoms with E-state index in [9.17, 15) is 19.1 Å². The minimum absolute atomic E-state index is 0.0793. The summed E-state index contributed by atoms with van der Waals surface area (Å²) in [6, 6.07) is 7.33. The lowest BCUT2D eigenvalue weighted by Gasteiger charge is -2.29. The number of methoxy groups -OCH3 is 1. The van der Waals surface area contributed by atoms with E-state index in [2.05, 4.69) is 16.0 Å². The van der Waals surface area contributed by atoms with Crippen molar-refractivity contribution in [3.05, 3.63) is 62.6 Å². The van der Waals surface area contributed by atoms with Gasteiger partial charge in [0, 0.05) is 11.4 Å². The fourth-order valence-electron chi connectivity index (χ4n) is 2.91. The third-order valence-corrected chi connectivity index (χ3v) is 5.39. The van der Waals surface area contributed by atoms with E-state index in [0.29, 0.717) is 20.5 Å². The van der Waals surface area contributed by atoms with Gasteiger partial charge < -0.3 is 25.8 Å². The number of carbonyl (C=O) groups is 2. The summed E-state index contributed by atoms with van der Waals surface area (Å²) in [5.41, 5.74) is 1.60. The normalized spacial score (nSPS) is 16.3. The Morgan fingerprint density at radius 2 is 1.93 bits per heavy atom. The van der Waals surface area contributed by atoms with Crippen LogP contribution in [0.15, 0.2) is 47.7 Å². The van der Waals surface area contributed by atoms with Gasteiger partial charge in [-0.2, -0.15) is 0 Å². The maximum Gasteiger partial charge on any atom is 0.319 e. The van der Waals surface area contributed by atoms with Crippen LogP contribution in [0.1, 0.15) is 18.5 Å². The second-order valence-electron chi connectivity index (χ2n) is 6.05. The van der Waals surface area contributed by atoms with E-state index < -0.39 is 23.8 Å². The van der Waals surface area contributed by atoms with Gasteiger partial charge in [-0.1, -0.05) is 6.07 Å². The maximum atomic E-state index is 13.1. The Morgan fingerprint density at radius 3 is 2.57 bits per heavy atom. The van der Waals surface area contributed by atoms with Gasteiger partial charge in [-0.15, -0.1) is 0 Å². The number of nitrogens with one attached hydrogen (secondary N) is 3. The molecule has 146 valence electrons. The van der Waals surface area contributed by atoms with Crippen LogP contribution in [0.4, 0.5) is 14.9 Å². The summed E-state index contributed by atoms with van der Waals surface area (Å²) in [5.74, 6) is -0.676. The number of hydrogen-bond acceptors (Lipinski definition) is 4. The highest BCUT2D eigenvalue weighted by molar-refractivity contribution is 14.1. The fraction of sp³-hybridized carbons (Fsp3) is 0.158. The lowest BCUT2D eigenvalue weighted by Crippen LogP contribution is -2.46. The first kappa shape index (κ1) is 19.9. The number of carbonyl (C=O) groups excluding carboxylic acids is 2. The van der Waals surface area contributed by atoms with Crippen LogP contribution >= 0.6 is 22.6 Å². The number of urea groups is 1. The largest absolute Gasteiger partial charge is 0.504 e. The number of ether oxygens (including phenoxy) is 1. The van der Waals surface area contributed by atoms with E-state index in [1.54, 1.807) is 19.1 Å². The molecule has 3 amide bonds. The van der Waals surface area contributed by atoms with Crippen molar-refractivity contribution in [2.75, 3.05) is 12.4 Å². The average molecular weight is 497 g/mol. The predicted octanol–water partition coefficient (Wildman–Crippen LogP) is 3.41. The summed E-state index contributed by atoms with van der Waals surface area (Å²) < 4.78 is 18.6. The Labute approximate surface area is 174 Å². The second kappa shape index (κ2) is 8.05. The first-order valence-corrected chi connectivity index (χ1v) is 9.30. The number of phenolic OH excluding ortho intramolecular Hbond substituents is 1. The van der Waals surface area contributed by atoms with Crippen LogP contribution in [0.5, 0.6) is 11.5 Å². The summed E-state index contributed by atoms with van der Waals surface area (Å²) in [4.78, 5) is 25.0. The molecule has 0 unspecified atom stereocenters. The molecule has 9 heteroatoms. The summed E-state index contributed by atoms with van der Waals surface area (Å²) >= 11 is 1.93. The number of anilines is 1. The predicted molar refractivity (Wildman–Crippen MR) is 110 cm³/mol. The molecule has 0 bridgehead atoms. The van der Waals surface area contributed by atoms with Crippen LogP contribution in [0.3, 0.4) is 0 Å². The maximum absolute atomic E-state index is 13.1. The van der Waals surface area contributed by atoms with Crippen molar-refractivity contribution in [2.24, 2.45) is 0 Å². The van der Waals surface area contributed by atoms with Crippen molar-refractivity contribution in [1.82, 2.24) is 10.6 Å². The zero-order valence-corrected chi connectivity index (χ0v) is 17.1. The molecule has 2 aromatic carbocycles. The number of halogens is 2. The van der Waals surface area contributed by atoms with E-state index in [0.717, 1.165) is 0 Å². The first-order chi connectivity index (χ1) is 13.3. The third-order valence-electron chi connectivity index (χ3n) is 4.26. The number of hydrogen-bond donors (Lipinski definition) is 4. The first-order valence-electron chi connectivity index (χ1n) is 8.22. The number of amides is 3. The number of aromatic hydroxyl groups is 1. The second-order valence-corrected chi connectivity index (χ2v) is 7.13. The van der Waals surface area contributed by atoms with E-state index in [-0.39, 0.29) is 17.1 Å². The zero-order chi connectivity index (χ0) is 20.4. The van der Waals surface area contributed by atoms with Crippen LogP contribution in [0.25, 0.3) is 0 Å². The molecule has 28 heavy (non-hydrogen) atoms. The summed E-state index contributed by atoms with van der Waals surface area (Å²) in [5, 5.41) is 18.3. The van der Waals surface area contributed by atoms with Crippen molar-refractivity contribution in [1.29, 1.82) is 0 Å². The Balaban J connectivity index is 2.00. The summed E-state index contributed by atoms with van der Waals surface area (Å²) in [7, 11) is 1.43. The molecule has 0 fully saturated rings. The lowest BCUT2D eigenvalue weighted by atomic mass is 9.94. The molecule has 0 saturated heterocycles. The van der Waals surface area contributed by atoms with Gasteiger partial charge in [-0.25, -0.2) is 9.18 Å². The van der Waals surface area contributed by atoms with E-state index in [1.807, 2.05) is 22.6 Å². The molecule has 1 aliphatic rings. The SMILES string of the molecule is COc1ccc([C@@H]2NC(=O)NC(C)=C2C(=O)Nc2ccc(F)cc2)c(I)c1O. The van der Waals surface area contributed by atoms with Crippen LogP contribution in [-0.2, 0) is 4.79 Å².